The van der Waals surface area contributed by atoms with E-state index in [1.165, 1.54) is 0 Å². The molecule has 88 valence electrons. The number of halogens is 2. The summed E-state index contributed by atoms with van der Waals surface area (Å²) in [7, 11) is 0. The van der Waals surface area contributed by atoms with E-state index in [1.807, 2.05) is 54.6 Å². The summed E-state index contributed by atoms with van der Waals surface area (Å²) in [4.78, 5) is 11.6. The molecule has 0 radical (unpaired) electrons. The Kier molecular flexibility index (Phi) is 3.85. The first kappa shape index (κ1) is 12.6. The fourth-order valence-electron chi connectivity index (χ4n) is 1.71. The lowest BCUT2D eigenvalue weighted by molar-refractivity contribution is 0.0964. The summed E-state index contributed by atoms with van der Waals surface area (Å²) in [6, 6.07) is 9.30. The molecule has 0 atom stereocenters. The van der Waals surface area contributed by atoms with Crippen molar-refractivity contribution in [1.82, 2.24) is 0 Å². The Morgan fingerprint density at radius 2 is 1.82 bits per heavy atom. The minimum absolute atomic E-state index is 0.103. The molecule has 0 aromatic heterocycles. The Hall–Kier alpha value is -0.860. The lowest BCUT2D eigenvalue weighted by Gasteiger charge is -2.21. The molecular weight excluding hydrogens is 300 g/mol. The van der Waals surface area contributed by atoms with Crippen LogP contribution in [0.5, 0.6) is 0 Å². The van der Waals surface area contributed by atoms with Gasteiger partial charge in [0.1, 0.15) is 0 Å². The second kappa shape index (κ2) is 5.19. The number of carbonyl (C=O) groups is 1. The topological polar surface area (TPSA) is 17.1 Å². The number of carbonyl (C=O) groups excluding carboxylic acids is 1. The van der Waals surface area contributed by atoms with Gasteiger partial charge < -0.3 is 0 Å². The van der Waals surface area contributed by atoms with Crippen LogP contribution < -0.4 is 0 Å². The van der Waals surface area contributed by atoms with E-state index in [9.17, 15) is 4.79 Å². The van der Waals surface area contributed by atoms with Gasteiger partial charge in [0.2, 0.25) is 0 Å². The van der Waals surface area contributed by atoms with Crippen LogP contribution in [0.1, 0.15) is 10.4 Å². The minimum Gasteiger partial charge on any atom is -0.293 e. The Bertz CT molecular complexity index is 450. The zero-order valence-electron chi connectivity index (χ0n) is 9.14. The van der Waals surface area contributed by atoms with Gasteiger partial charge in [-0.05, 0) is 0 Å². The van der Waals surface area contributed by atoms with E-state index < -0.39 is 4.87 Å². The van der Waals surface area contributed by atoms with Gasteiger partial charge in [0, 0.05) is 10.9 Å². The first-order valence-corrected chi connectivity index (χ1v) is 6.87. The van der Waals surface area contributed by atoms with E-state index in [-0.39, 0.29) is 11.7 Å². The Labute approximate surface area is 114 Å². The van der Waals surface area contributed by atoms with Gasteiger partial charge in [-0.25, -0.2) is 0 Å². The molecule has 3 heteroatoms. The first-order chi connectivity index (χ1) is 8.14. The van der Waals surface area contributed by atoms with E-state index >= 15 is 0 Å². The smallest absolute Gasteiger partial charge is 0.173 e. The van der Waals surface area contributed by atoms with Crippen LogP contribution in [0.15, 0.2) is 54.6 Å². The number of Topliss-reactive ketones (excluding diaryl/α,β-unsaturated/α-hetero) is 1. The largest absolute Gasteiger partial charge is 0.293 e. The van der Waals surface area contributed by atoms with Crippen molar-refractivity contribution in [2.75, 3.05) is 5.33 Å². The van der Waals surface area contributed by atoms with Crippen LogP contribution in [0.4, 0.5) is 0 Å². The van der Waals surface area contributed by atoms with Crippen molar-refractivity contribution in [2.24, 2.45) is 5.92 Å². The maximum atomic E-state index is 12.1. The van der Waals surface area contributed by atoms with Gasteiger partial charge >= 0.3 is 0 Å². The molecule has 2 rings (SSSR count). The molecule has 0 amide bonds. The van der Waals surface area contributed by atoms with Crippen LogP contribution in [0.25, 0.3) is 0 Å². The second-order valence-electron chi connectivity index (χ2n) is 4.03. The molecule has 0 spiro atoms. The molecule has 0 unspecified atom stereocenters. The highest BCUT2D eigenvalue weighted by Gasteiger charge is 2.25. The van der Waals surface area contributed by atoms with Crippen molar-refractivity contribution in [3.05, 3.63) is 60.2 Å². The lowest BCUT2D eigenvalue weighted by atomic mass is 9.90. The van der Waals surface area contributed by atoms with Crippen LogP contribution in [-0.4, -0.2) is 16.0 Å². The minimum atomic E-state index is -0.493. The molecule has 0 fully saturated rings. The van der Waals surface area contributed by atoms with Gasteiger partial charge in [0.25, 0.3) is 0 Å². The normalized spacial score (nSPS) is 27.1. The van der Waals surface area contributed by atoms with Gasteiger partial charge in [0.05, 0.1) is 10.8 Å². The number of benzene rings is 1. The fourth-order valence-corrected chi connectivity index (χ4v) is 2.23. The highest BCUT2D eigenvalue weighted by molar-refractivity contribution is 9.09. The maximum absolute atomic E-state index is 12.1. The zero-order chi connectivity index (χ0) is 12.3. The summed E-state index contributed by atoms with van der Waals surface area (Å²) >= 11 is 9.59. The summed E-state index contributed by atoms with van der Waals surface area (Å²) in [6.07, 6.45) is 7.47. The van der Waals surface area contributed by atoms with Crippen LogP contribution in [-0.2, 0) is 0 Å². The van der Waals surface area contributed by atoms with Crippen LogP contribution in [0.2, 0.25) is 0 Å². The molecular formula is C14H12BrClO. The number of hydrogen-bond donors (Lipinski definition) is 0. The molecule has 1 aromatic rings. The molecule has 1 aliphatic rings. The second-order valence-corrected chi connectivity index (χ2v) is 5.30. The average molecular weight is 312 g/mol. The Morgan fingerprint density at radius 3 is 2.35 bits per heavy atom. The predicted molar refractivity (Wildman–Crippen MR) is 74.9 cm³/mol. The third kappa shape index (κ3) is 2.88. The quantitative estimate of drug-likeness (QED) is 0.469. The third-order valence-electron chi connectivity index (χ3n) is 2.73. The number of allylic oxidation sites excluding steroid dienone is 4. The Morgan fingerprint density at radius 1 is 1.24 bits per heavy atom. The number of rotatable bonds is 3. The Balaban J connectivity index is 2.15. The average Bonchev–Trinajstić information content (AvgIpc) is 2.40. The maximum Gasteiger partial charge on any atom is 0.173 e. The van der Waals surface area contributed by atoms with Crippen molar-refractivity contribution in [1.29, 1.82) is 0 Å². The van der Waals surface area contributed by atoms with Gasteiger partial charge in [0.15, 0.2) is 5.78 Å². The molecule has 0 N–H and O–H groups in total. The van der Waals surface area contributed by atoms with Crippen LogP contribution in [0, 0.1) is 5.92 Å². The van der Waals surface area contributed by atoms with Gasteiger partial charge in [-0.15, -0.1) is 11.6 Å². The molecule has 1 aromatic carbocycles. The molecule has 0 saturated heterocycles. The monoisotopic (exact) mass is 310 g/mol. The number of hydrogen-bond acceptors (Lipinski definition) is 1. The van der Waals surface area contributed by atoms with E-state index in [2.05, 4.69) is 15.9 Å². The molecule has 1 aliphatic carbocycles. The van der Waals surface area contributed by atoms with E-state index in [1.54, 1.807) is 0 Å². The van der Waals surface area contributed by atoms with E-state index in [4.69, 9.17) is 11.6 Å². The fraction of sp³-hybridized carbons (Fsp3) is 0.214. The van der Waals surface area contributed by atoms with Gasteiger partial charge in [-0.1, -0.05) is 70.6 Å². The molecule has 0 saturated carbocycles. The molecule has 1 nitrogen and oxygen atoms in total. The standard InChI is InChI=1S/C14H12BrClO/c15-10-14(16)8-6-12(7-9-14)13(17)11-4-2-1-3-5-11/h1-9,12H,10H2. The van der Waals surface area contributed by atoms with Crippen LogP contribution >= 0.6 is 27.5 Å². The highest BCUT2D eigenvalue weighted by atomic mass is 79.9. The summed E-state index contributed by atoms with van der Waals surface area (Å²) < 4.78 is 0. The molecule has 0 aliphatic heterocycles. The van der Waals surface area contributed by atoms with Crippen molar-refractivity contribution >= 4 is 33.3 Å². The molecule has 0 heterocycles. The number of alkyl halides is 2. The van der Waals surface area contributed by atoms with Crippen molar-refractivity contribution in [2.45, 2.75) is 4.87 Å². The summed E-state index contributed by atoms with van der Waals surface area (Å²) in [5.41, 5.74) is 0.729. The highest BCUT2D eigenvalue weighted by Crippen LogP contribution is 2.28. The first-order valence-electron chi connectivity index (χ1n) is 5.37. The summed E-state index contributed by atoms with van der Waals surface area (Å²) in [5.74, 6) is -0.102. The lowest BCUT2D eigenvalue weighted by Crippen LogP contribution is -2.23. The third-order valence-corrected chi connectivity index (χ3v) is 4.36. The van der Waals surface area contributed by atoms with E-state index in [0.717, 1.165) is 5.56 Å². The van der Waals surface area contributed by atoms with E-state index in [0.29, 0.717) is 5.33 Å². The molecule has 0 bridgehead atoms. The van der Waals surface area contributed by atoms with Gasteiger partial charge in [-0.2, -0.15) is 0 Å². The van der Waals surface area contributed by atoms with Crippen LogP contribution in [0.3, 0.4) is 0 Å². The number of ketones is 1. The molecule has 17 heavy (non-hydrogen) atoms. The zero-order valence-corrected chi connectivity index (χ0v) is 11.5. The SMILES string of the molecule is O=C(c1ccccc1)C1C=CC(Cl)(CBr)C=C1. The summed E-state index contributed by atoms with van der Waals surface area (Å²) in [6.45, 7) is 0. The van der Waals surface area contributed by atoms with Crippen molar-refractivity contribution < 1.29 is 4.79 Å². The van der Waals surface area contributed by atoms with Crippen molar-refractivity contribution in [3.8, 4) is 0 Å². The van der Waals surface area contributed by atoms with Gasteiger partial charge in [-0.3, -0.25) is 4.79 Å². The summed E-state index contributed by atoms with van der Waals surface area (Å²) in [5, 5.41) is 0.640. The predicted octanol–water partition coefficient (Wildman–Crippen LogP) is 3.98. The van der Waals surface area contributed by atoms with Crippen molar-refractivity contribution in [3.63, 3.8) is 0 Å².